The van der Waals surface area contributed by atoms with Crippen molar-refractivity contribution >= 4 is 0 Å². The van der Waals surface area contributed by atoms with E-state index in [-0.39, 0.29) is 0 Å². The Labute approximate surface area is 110 Å². The molecule has 0 aliphatic carbocycles. The molecule has 1 aromatic heterocycles. The van der Waals surface area contributed by atoms with E-state index < -0.39 is 0 Å². The number of rotatable bonds is 6. The predicted molar refractivity (Wildman–Crippen MR) is 74.7 cm³/mol. The maximum Gasteiger partial charge on any atom is 0.0416 e. The SMILES string of the molecule is CN(CCc1ccccn1)CCN1CCNCC1. The number of likely N-dealkylation sites (N-methyl/N-ethyl adjacent to an activating group) is 1. The van der Waals surface area contributed by atoms with Crippen molar-refractivity contribution in [3.05, 3.63) is 30.1 Å². The van der Waals surface area contributed by atoms with E-state index in [1.54, 1.807) is 0 Å². The zero-order valence-electron chi connectivity index (χ0n) is 11.3. The molecule has 0 amide bonds. The molecule has 0 saturated carbocycles. The number of hydrogen-bond donors (Lipinski definition) is 1. The lowest BCUT2D eigenvalue weighted by Gasteiger charge is -2.29. The van der Waals surface area contributed by atoms with Crippen LogP contribution in [-0.4, -0.2) is 67.6 Å². The Morgan fingerprint density at radius 3 is 2.83 bits per heavy atom. The van der Waals surface area contributed by atoms with Gasteiger partial charge in [-0.2, -0.15) is 0 Å². The lowest BCUT2D eigenvalue weighted by molar-refractivity contribution is 0.205. The van der Waals surface area contributed by atoms with Crippen molar-refractivity contribution in [3.63, 3.8) is 0 Å². The maximum atomic E-state index is 4.36. The van der Waals surface area contributed by atoms with Crippen molar-refractivity contribution in [3.8, 4) is 0 Å². The molecule has 18 heavy (non-hydrogen) atoms. The predicted octanol–water partition coefficient (Wildman–Crippen LogP) is 0.461. The van der Waals surface area contributed by atoms with Gasteiger partial charge < -0.3 is 10.2 Å². The highest BCUT2D eigenvalue weighted by Gasteiger charge is 2.09. The van der Waals surface area contributed by atoms with Crippen molar-refractivity contribution in [2.24, 2.45) is 0 Å². The normalized spacial score (nSPS) is 17.2. The molecular weight excluding hydrogens is 224 g/mol. The largest absolute Gasteiger partial charge is 0.314 e. The van der Waals surface area contributed by atoms with Gasteiger partial charge in [-0.1, -0.05) is 6.07 Å². The summed E-state index contributed by atoms with van der Waals surface area (Å²) >= 11 is 0. The summed E-state index contributed by atoms with van der Waals surface area (Å²) in [6.45, 7) is 8.06. The summed E-state index contributed by atoms with van der Waals surface area (Å²) in [6, 6.07) is 6.13. The molecule has 1 fully saturated rings. The van der Waals surface area contributed by atoms with Crippen molar-refractivity contribution in [1.82, 2.24) is 20.1 Å². The average molecular weight is 248 g/mol. The number of nitrogens with zero attached hydrogens (tertiary/aromatic N) is 3. The first kappa shape index (κ1) is 13.5. The van der Waals surface area contributed by atoms with Gasteiger partial charge in [-0.25, -0.2) is 0 Å². The third-order valence-electron chi connectivity index (χ3n) is 3.48. The summed E-state index contributed by atoms with van der Waals surface area (Å²) in [6.07, 6.45) is 2.91. The van der Waals surface area contributed by atoms with Crippen LogP contribution in [0.4, 0.5) is 0 Å². The van der Waals surface area contributed by atoms with Crippen LogP contribution in [-0.2, 0) is 6.42 Å². The topological polar surface area (TPSA) is 31.4 Å². The maximum absolute atomic E-state index is 4.36. The minimum absolute atomic E-state index is 1.04. The molecular formula is C14H24N4. The molecule has 1 aliphatic heterocycles. The van der Waals surface area contributed by atoms with Crippen molar-refractivity contribution < 1.29 is 0 Å². The van der Waals surface area contributed by atoms with Gasteiger partial charge in [0.1, 0.15) is 0 Å². The van der Waals surface area contributed by atoms with Gasteiger partial charge in [0.25, 0.3) is 0 Å². The number of nitrogens with one attached hydrogen (secondary N) is 1. The van der Waals surface area contributed by atoms with Crippen LogP contribution in [0.5, 0.6) is 0 Å². The molecule has 4 nitrogen and oxygen atoms in total. The number of piperazine rings is 1. The van der Waals surface area contributed by atoms with Crippen LogP contribution in [0.1, 0.15) is 5.69 Å². The fourth-order valence-electron chi connectivity index (χ4n) is 2.21. The van der Waals surface area contributed by atoms with E-state index in [0.717, 1.165) is 32.6 Å². The smallest absolute Gasteiger partial charge is 0.0416 e. The Kier molecular flexibility index (Phi) is 5.58. The van der Waals surface area contributed by atoms with Gasteiger partial charge in [0.15, 0.2) is 0 Å². The number of aromatic nitrogens is 1. The zero-order valence-corrected chi connectivity index (χ0v) is 11.3. The van der Waals surface area contributed by atoms with E-state index in [1.807, 2.05) is 12.3 Å². The summed E-state index contributed by atoms with van der Waals surface area (Å²) in [5, 5.41) is 3.39. The molecule has 0 unspecified atom stereocenters. The van der Waals surface area contributed by atoms with Crippen molar-refractivity contribution in [1.29, 1.82) is 0 Å². The summed E-state index contributed by atoms with van der Waals surface area (Å²) in [5.41, 5.74) is 1.19. The highest BCUT2D eigenvalue weighted by molar-refractivity contribution is 5.03. The van der Waals surface area contributed by atoms with E-state index in [0.29, 0.717) is 0 Å². The highest BCUT2D eigenvalue weighted by Crippen LogP contribution is 1.97. The summed E-state index contributed by atoms with van der Waals surface area (Å²) in [7, 11) is 2.20. The first-order chi connectivity index (χ1) is 8.84. The molecule has 0 aromatic carbocycles. The van der Waals surface area contributed by atoms with E-state index in [2.05, 4.69) is 39.3 Å². The Balaban J connectivity index is 1.61. The van der Waals surface area contributed by atoms with Gasteiger partial charge >= 0.3 is 0 Å². The van der Waals surface area contributed by atoms with Gasteiger partial charge in [0, 0.05) is 64.1 Å². The van der Waals surface area contributed by atoms with E-state index in [1.165, 1.54) is 25.3 Å². The molecule has 1 aromatic rings. The van der Waals surface area contributed by atoms with E-state index >= 15 is 0 Å². The zero-order chi connectivity index (χ0) is 12.6. The van der Waals surface area contributed by atoms with Gasteiger partial charge in [-0.3, -0.25) is 9.88 Å². The van der Waals surface area contributed by atoms with Crippen LogP contribution >= 0.6 is 0 Å². The van der Waals surface area contributed by atoms with Gasteiger partial charge in [0.2, 0.25) is 0 Å². The van der Waals surface area contributed by atoms with Gasteiger partial charge in [-0.05, 0) is 19.2 Å². The summed E-state index contributed by atoms with van der Waals surface area (Å²) < 4.78 is 0. The summed E-state index contributed by atoms with van der Waals surface area (Å²) in [4.78, 5) is 9.29. The minimum atomic E-state index is 1.04. The standard InChI is InChI=1S/C14H24N4/c1-17(9-5-14-4-2-3-6-16-14)12-13-18-10-7-15-8-11-18/h2-4,6,15H,5,7-13H2,1H3. The second-order valence-electron chi connectivity index (χ2n) is 4.97. The number of hydrogen-bond acceptors (Lipinski definition) is 4. The first-order valence-corrected chi connectivity index (χ1v) is 6.86. The Bertz CT molecular complexity index is 322. The quantitative estimate of drug-likeness (QED) is 0.792. The van der Waals surface area contributed by atoms with E-state index in [9.17, 15) is 0 Å². The molecule has 0 atom stereocenters. The Morgan fingerprint density at radius 1 is 1.28 bits per heavy atom. The summed E-state index contributed by atoms with van der Waals surface area (Å²) in [5.74, 6) is 0. The fraction of sp³-hybridized carbons (Fsp3) is 0.643. The third-order valence-corrected chi connectivity index (χ3v) is 3.48. The second-order valence-corrected chi connectivity index (χ2v) is 4.97. The van der Waals surface area contributed by atoms with Crippen molar-refractivity contribution in [2.75, 3.05) is 52.9 Å². The van der Waals surface area contributed by atoms with Gasteiger partial charge in [-0.15, -0.1) is 0 Å². The molecule has 0 bridgehead atoms. The van der Waals surface area contributed by atoms with E-state index in [4.69, 9.17) is 0 Å². The monoisotopic (exact) mass is 248 g/mol. The molecule has 4 heteroatoms. The Hall–Kier alpha value is -0.970. The third kappa shape index (κ3) is 4.72. The second kappa shape index (κ2) is 7.46. The lowest BCUT2D eigenvalue weighted by Crippen LogP contribution is -2.46. The molecule has 2 heterocycles. The van der Waals surface area contributed by atoms with Crippen LogP contribution < -0.4 is 5.32 Å². The average Bonchev–Trinajstić information content (AvgIpc) is 2.45. The molecule has 100 valence electrons. The van der Waals surface area contributed by atoms with Crippen molar-refractivity contribution in [2.45, 2.75) is 6.42 Å². The molecule has 0 spiro atoms. The van der Waals surface area contributed by atoms with Crippen LogP contribution in [0.15, 0.2) is 24.4 Å². The minimum Gasteiger partial charge on any atom is -0.314 e. The highest BCUT2D eigenvalue weighted by atomic mass is 15.2. The molecule has 1 saturated heterocycles. The molecule has 2 rings (SSSR count). The van der Waals surface area contributed by atoms with Crippen LogP contribution in [0.25, 0.3) is 0 Å². The molecule has 0 radical (unpaired) electrons. The van der Waals surface area contributed by atoms with Gasteiger partial charge in [0.05, 0.1) is 0 Å². The molecule has 1 aliphatic rings. The lowest BCUT2D eigenvalue weighted by atomic mass is 10.2. The Morgan fingerprint density at radius 2 is 2.11 bits per heavy atom. The first-order valence-electron chi connectivity index (χ1n) is 6.86. The van der Waals surface area contributed by atoms with Crippen LogP contribution in [0.2, 0.25) is 0 Å². The van der Waals surface area contributed by atoms with Crippen LogP contribution in [0.3, 0.4) is 0 Å². The fourth-order valence-corrected chi connectivity index (χ4v) is 2.21. The molecule has 1 N–H and O–H groups in total. The number of pyridine rings is 1. The van der Waals surface area contributed by atoms with Crippen LogP contribution in [0, 0.1) is 0 Å².